The van der Waals surface area contributed by atoms with Crippen molar-refractivity contribution in [2.75, 3.05) is 7.11 Å². The van der Waals surface area contributed by atoms with Crippen LogP contribution in [0.1, 0.15) is 11.4 Å². The van der Waals surface area contributed by atoms with Crippen LogP contribution in [0.2, 0.25) is 0 Å². The number of H-pyrrole nitrogens is 1. The summed E-state index contributed by atoms with van der Waals surface area (Å²) in [6.45, 7) is 2.34. The zero-order valence-corrected chi connectivity index (χ0v) is 15.8. The number of ether oxygens (including phenoxy) is 1. The minimum absolute atomic E-state index is 0.178. The second-order valence-electron chi connectivity index (χ2n) is 6.50. The summed E-state index contributed by atoms with van der Waals surface area (Å²) in [5.41, 5.74) is 3.57. The lowest BCUT2D eigenvalue weighted by Gasteiger charge is -2.11. The van der Waals surface area contributed by atoms with Gasteiger partial charge in [-0.15, -0.1) is 0 Å². The highest BCUT2D eigenvalue weighted by Crippen LogP contribution is 2.29. The number of nitrogens with zero attached hydrogens (tertiary/aromatic N) is 4. The van der Waals surface area contributed by atoms with Gasteiger partial charge >= 0.3 is 5.69 Å². The first kappa shape index (κ1) is 17.8. The number of methoxy groups -OCH3 is 1. The van der Waals surface area contributed by atoms with Gasteiger partial charge in [0.15, 0.2) is 0 Å². The summed E-state index contributed by atoms with van der Waals surface area (Å²) >= 11 is 0. The van der Waals surface area contributed by atoms with Gasteiger partial charge in [-0.2, -0.15) is 10.2 Å². The van der Waals surface area contributed by atoms with Crippen LogP contribution < -0.4 is 10.4 Å². The summed E-state index contributed by atoms with van der Waals surface area (Å²) in [6, 6.07) is 15.8. The Morgan fingerprint density at radius 2 is 1.93 bits per heavy atom. The van der Waals surface area contributed by atoms with Gasteiger partial charge in [-0.05, 0) is 36.6 Å². The Labute approximate surface area is 162 Å². The molecule has 0 bridgehead atoms. The second kappa shape index (κ2) is 7.56. The zero-order chi connectivity index (χ0) is 19.5. The highest BCUT2D eigenvalue weighted by atomic mass is 16.5. The standard InChI is InChI=1S/C21H21N5O2/c1-15-24-25(11-10-16-6-4-3-5-7-16)21(27)26(15)19-9-8-17(12-20(19)28-2)18-13-22-23-14-18/h3-9,12-14H,10-11H2,1-2H3,(H,22,23). The molecule has 2 aromatic carbocycles. The lowest BCUT2D eigenvalue weighted by Crippen LogP contribution is -2.25. The Bertz CT molecular complexity index is 1130. The Morgan fingerprint density at radius 3 is 2.64 bits per heavy atom. The molecule has 7 nitrogen and oxygen atoms in total. The summed E-state index contributed by atoms with van der Waals surface area (Å²) in [4.78, 5) is 13.0. The molecule has 0 unspecified atom stereocenters. The molecular weight excluding hydrogens is 354 g/mol. The van der Waals surface area contributed by atoms with Crippen molar-refractivity contribution < 1.29 is 4.74 Å². The molecule has 2 aromatic heterocycles. The van der Waals surface area contributed by atoms with Gasteiger partial charge in [-0.1, -0.05) is 36.4 Å². The van der Waals surface area contributed by atoms with Crippen LogP contribution in [0.25, 0.3) is 16.8 Å². The van der Waals surface area contributed by atoms with Crippen molar-refractivity contribution in [3.63, 3.8) is 0 Å². The van der Waals surface area contributed by atoms with Crippen LogP contribution in [-0.4, -0.2) is 31.7 Å². The van der Waals surface area contributed by atoms with Gasteiger partial charge in [0.25, 0.3) is 0 Å². The molecular formula is C21H21N5O2. The normalized spacial score (nSPS) is 10.9. The SMILES string of the molecule is COc1cc(-c2cn[nH]c2)ccc1-n1c(C)nn(CCc2ccccc2)c1=O. The van der Waals surface area contributed by atoms with Gasteiger partial charge in [-0.3, -0.25) is 5.10 Å². The molecule has 2 heterocycles. The minimum atomic E-state index is -0.178. The lowest BCUT2D eigenvalue weighted by molar-refractivity contribution is 0.412. The van der Waals surface area contributed by atoms with Gasteiger partial charge in [0, 0.05) is 11.8 Å². The highest BCUT2D eigenvalue weighted by molar-refractivity contribution is 5.67. The zero-order valence-electron chi connectivity index (χ0n) is 15.8. The van der Waals surface area contributed by atoms with Crippen LogP contribution in [0.3, 0.4) is 0 Å². The van der Waals surface area contributed by atoms with Gasteiger partial charge in [0.05, 0.1) is 25.5 Å². The molecule has 1 N–H and O–H groups in total. The Hall–Kier alpha value is -3.61. The molecule has 0 aliphatic rings. The molecule has 0 amide bonds. The van der Waals surface area contributed by atoms with E-state index in [1.54, 1.807) is 17.9 Å². The number of aromatic amines is 1. The third kappa shape index (κ3) is 3.34. The summed E-state index contributed by atoms with van der Waals surface area (Å²) in [6.07, 6.45) is 4.30. The van der Waals surface area contributed by atoms with Crippen LogP contribution in [0, 0.1) is 6.92 Å². The number of aryl methyl sites for hydroxylation is 3. The van der Waals surface area contributed by atoms with E-state index in [1.807, 2.05) is 61.7 Å². The van der Waals surface area contributed by atoms with Gasteiger partial charge < -0.3 is 4.74 Å². The van der Waals surface area contributed by atoms with E-state index in [9.17, 15) is 4.79 Å². The molecule has 0 aliphatic carbocycles. The lowest BCUT2D eigenvalue weighted by atomic mass is 10.1. The smallest absolute Gasteiger partial charge is 0.350 e. The molecule has 142 valence electrons. The molecule has 0 fully saturated rings. The molecule has 0 radical (unpaired) electrons. The van der Waals surface area contributed by atoms with E-state index in [-0.39, 0.29) is 5.69 Å². The fourth-order valence-electron chi connectivity index (χ4n) is 3.27. The van der Waals surface area contributed by atoms with Gasteiger partial charge in [-0.25, -0.2) is 14.0 Å². The van der Waals surface area contributed by atoms with E-state index < -0.39 is 0 Å². The molecule has 0 saturated heterocycles. The van der Waals surface area contributed by atoms with E-state index in [0.29, 0.717) is 23.8 Å². The fourth-order valence-corrected chi connectivity index (χ4v) is 3.27. The van der Waals surface area contributed by atoms with Crippen molar-refractivity contribution in [1.29, 1.82) is 0 Å². The van der Waals surface area contributed by atoms with Crippen molar-refractivity contribution in [3.05, 3.63) is 82.8 Å². The number of hydrogen-bond donors (Lipinski definition) is 1. The fraction of sp³-hybridized carbons (Fsp3) is 0.190. The summed E-state index contributed by atoms with van der Waals surface area (Å²) in [5.74, 6) is 1.22. The number of benzene rings is 2. The van der Waals surface area contributed by atoms with Crippen LogP contribution >= 0.6 is 0 Å². The van der Waals surface area contributed by atoms with Gasteiger partial charge in [0.2, 0.25) is 0 Å². The molecule has 4 aromatic rings. The molecule has 4 rings (SSSR count). The predicted molar refractivity (Wildman–Crippen MR) is 107 cm³/mol. The predicted octanol–water partition coefficient (Wildman–Crippen LogP) is 2.98. The average molecular weight is 375 g/mol. The van der Waals surface area contributed by atoms with Crippen LogP contribution in [-0.2, 0) is 13.0 Å². The quantitative estimate of drug-likeness (QED) is 0.562. The van der Waals surface area contributed by atoms with Crippen molar-refractivity contribution in [1.82, 2.24) is 24.5 Å². The van der Waals surface area contributed by atoms with E-state index >= 15 is 0 Å². The molecule has 0 saturated carbocycles. The first-order valence-corrected chi connectivity index (χ1v) is 9.05. The van der Waals surface area contributed by atoms with E-state index in [1.165, 1.54) is 10.2 Å². The topological polar surface area (TPSA) is 77.7 Å². The Balaban J connectivity index is 1.67. The molecule has 7 heteroatoms. The Kier molecular flexibility index (Phi) is 4.80. The number of rotatable bonds is 6. The number of aromatic nitrogens is 5. The number of nitrogens with one attached hydrogen (secondary N) is 1. The monoisotopic (exact) mass is 375 g/mol. The van der Waals surface area contributed by atoms with Crippen LogP contribution in [0.5, 0.6) is 5.75 Å². The van der Waals surface area contributed by atoms with E-state index in [0.717, 1.165) is 17.5 Å². The first-order chi connectivity index (χ1) is 13.7. The maximum Gasteiger partial charge on any atom is 0.350 e. The number of hydrogen-bond acceptors (Lipinski definition) is 4. The minimum Gasteiger partial charge on any atom is -0.495 e. The maximum absolute atomic E-state index is 13.0. The molecule has 0 spiro atoms. The van der Waals surface area contributed by atoms with Gasteiger partial charge in [0.1, 0.15) is 11.6 Å². The molecule has 0 atom stereocenters. The van der Waals surface area contributed by atoms with Crippen molar-refractivity contribution in [2.24, 2.45) is 0 Å². The summed E-state index contributed by atoms with van der Waals surface area (Å²) < 4.78 is 8.65. The van der Waals surface area contributed by atoms with Crippen molar-refractivity contribution in [3.8, 4) is 22.6 Å². The third-order valence-corrected chi connectivity index (χ3v) is 4.71. The first-order valence-electron chi connectivity index (χ1n) is 9.05. The largest absolute Gasteiger partial charge is 0.495 e. The highest BCUT2D eigenvalue weighted by Gasteiger charge is 2.16. The maximum atomic E-state index is 13.0. The van der Waals surface area contributed by atoms with Crippen molar-refractivity contribution in [2.45, 2.75) is 19.9 Å². The third-order valence-electron chi connectivity index (χ3n) is 4.71. The van der Waals surface area contributed by atoms with Crippen LogP contribution in [0.4, 0.5) is 0 Å². The molecule has 0 aliphatic heterocycles. The van der Waals surface area contributed by atoms with E-state index in [4.69, 9.17) is 4.74 Å². The van der Waals surface area contributed by atoms with Crippen LogP contribution in [0.15, 0.2) is 65.7 Å². The second-order valence-corrected chi connectivity index (χ2v) is 6.50. The molecule has 28 heavy (non-hydrogen) atoms. The average Bonchev–Trinajstić information content (AvgIpc) is 3.35. The summed E-state index contributed by atoms with van der Waals surface area (Å²) in [5, 5.41) is 11.2. The van der Waals surface area contributed by atoms with Crippen molar-refractivity contribution >= 4 is 0 Å². The Morgan fingerprint density at radius 1 is 1.11 bits per heavy atom. The van der Waals surface area contributed by atoms with E-state index in [2.05, 4.69) is 15.3 Å². The summed E-state index contributed by atoms with van der Waals surface area (Å²) in [7, 11) is 1.60.